The van der Waals surface area contributed by atoms with Crippen LogP contribution in [0.2, 0.25) is 0 Å². The van der Waals surface area contributed by atoms with E-state index >= 15 is 0 Å². The summed E-state index contributed by atoms with van der Waals surface area (Å²) in [5, 5.41) is 19.3. The number of esters is 1. The van der Waals surface area contributed by atoms with E-state index in [4.69, 9.17) is 10.00 Å². The second-order valence-electron chi connectivity index (χ2n) is 2.77. The summed E-state index contributed by atoms with van der Waals surface area (Å²) >= 11 is 3.00. The van der Waals surface area contributed by atoms with Crippen LogP contribution in [0.1, 0.15) is 12.5 Å². The number of nitrogens with zero attached hydrogens (tertiary/aromatic N) is 2. The number of halogens is 1. The summed E-state index contributed by atoms with van der Waals surface area (Å²) in [7, 11) is 0. The Labute approximate surface area is 98.7 Å². The number of rotatable bonds is 2. The maximum atomic E-state index is 10.8. The van der Waals surface area contributed by atoms with E-state index in [0.29, 0.717) is 0 Å². The van der Waals surface area contributed by atoms with E-state index in [1.807, 2.05) is 0 Å². The van der Waals surface area contributed by atoms with Crippen LogP contribution in [0.25, 0.3) is 0 Å². The van der Waals surface area contributed by atoms with Gasteiger partial charge < -0.3 is 4.74 Å². The van der Waals surface area contributed by atoms with Gasteiger partial charge >= 0.3 is 11.7 Å². The van der Waals surface area contributed by atoms with E-state index in [2.05, 4.69) is 15.9 Å². The molecular formula is C9H5BrN2O4. The Hall–Kier alpha value is -1.94. The molecular weight excluding hydrogens is 280 g/mol. The predicted octanol–water partition coefficient (Wildman–Crippen LogP) is 2.15. The zero-order valence-electron chi connectivity index (χ0n) is 8.06. The Kier molecular flexibility index (Phi) is 3.58. The first kappa shape index (κ1) is 12.1. The fraction of sp³-hybridized carbons (Fsp3) is 0.111. The lowest BCUT2D eigenvalue weighted by Crippen LogP contribution is -2.05. The molecule has 0 aliphatic rings. The number of ether oxygens (including phenoxy) is 1. The Morgan fingerprint density at radius 1 is 1.62 bits per heavy atom. The van der Waals surface area contributed by atoms with E-state index in [1.54, 1.807) is 6.07 Å². The van der Waals surface area contributed by atoms with Crippen LogP contribution in [-0.4, -0.2) is 10.9 Å². The molecule has 0 amide bonds. The van der Waals surface area contributed by atoms with Gasteiger partial charge in [0, 0.05) is 13.0 Å². The SMILES string of the molecule is CC(=O)Oc1c(Br)cc(C#N)cc1[N+](=O)[O-]. The molecule has 0 bridgehead atoms. The third kappa shape index (κ3) is 2.55. The van der Waals surface area contributed by atoms with Crippen molar-refractivity contribution >= 4 is 27.6 Å². The zero-order chi connectivity index (χ0) is 12.3. The molecule has 0 aliphatic heterocycles. The van der Waals surface area contributed by atoms with Gasteiger partial charge in [-0.2, -0.15) is 5.26 Å². The smallest absolute Gasteiger partial charge is 0.314 e. The lowest BCUT2D eigenvalue weighted by molar-refractivity contribution is -0.385. The van der Waals surface area contributed by atoms with Crippen LogP contribution in [-0.2, 0) is 4.79 Å². The molecule has 0 saturated heterocycles. The Balaban J connectivity index is 3.41. The summed E-state index contributed by atoms with van der Waals surface area (Å²) in [6, 6.07) is 4.15. The van der Waals surface area contributed by atoms with Crippen LogP contribution < -0.4 is 4.74 Å². The molecule has 0 heterocycles. The summed E-state index contributed by atoms with van der Waals surface area (Å²) < 4.78 is 4.89. The molecule has 0 unspecified atom stereocenters. The molecule has 0 atom stereocenters. The van der Waals surface area contributed by atoms with Crippen molar-refractivity contribution in [3.63, 3.8) is 0 Å². The number of benzene rings is 1. The van der Waals surface area contributed by atoms with Crippen molar-refractivity contribution in [1.82, 2.24) is 0 Å². The molecule has 16 heavy (non-hydrogen) atoms. The van der Waals surface area contributed by atoms with Gasteiger partial charge in [0.25, 0.3) is 0 Å². The monoisotopic (exact) mass is 284 g/mol. The quantitative estimate of drug-likeness (QED) is 0.359. The van der Waals surface area contributed by atoms with Gasteiger partial charge in [-0.1, -0.05) is 0 Å². The summed E-state index contributed by atoms with van der Waals surface area (Å²) in [4.78, 5) is 20.8. The standard InChI is InChI=1S/C9H5BrN2O4/c1-5(13)16-9-7(10)2-6(4-11)3-8(9)12(14)15/h2-3H,1H3. The van der Waals surface area contributed by atoms with Gasteiger partial charge in [0.1, 0.15) is 0 Å². The summed E-state index contributed by atoms with van der Waals surface area (Å²) in [5.41, 5.74) is -0.324. The molecule has 0 spiro atoms. The van der Waals surface area contributed by atoms with E-state index in [1.165, 1.54) is 6.07 Å². The molecule has 1 aromatic rings. The van der Waals surface area contributed by atoms with Crippen LogP contribution >= 0.6 is 15.9 Å². The maximum Gasteiger partial charge on any atom is 0.314 e. The highest BCUT2D eigenvalue weighted by Crippen LogP contribution is 2.36. The molecule has 6 nitrogen and oxygen atoms in total. The third-order valence-electron chi connectivity index (χ3n) is 1.60. The molecule has 82 valence electrons. The number of hydrogen-bond donors (Lipinski definition) is 0. The summed E-state index contributed by atoms with van der Waals surface area (Å²) in [5.74, 6) is -0.870. The largest absolute Gasteiger partial charge is 0.418 e. The third-order valence-corrected chi connectivity index (χ3v) is 2.18. The van der Waals surface area contributed by atoms with Crippen LogP contribution in [0.3, 0.4) is 0 Å². The molecule has 0 saturated carbocycles. The van der Waals surface area contributed by atoms with Crippen LogP contribution in [0.15, 0.2) is 16.6 Å². The van der Waals surface area contributed by atoms with Crippen molar-refractivity contribution in [2.24, 2.45) is 0 Å². The minimum Gasteiger partial charge on any atom is -0.418 e. The first-order chi connectivity index (χ1) is 7.45. The Morgan fingerprint density at radius 2 is 2.25 bits per heavy atom. The number of nitro benzene ring substituents is 1. The highest BCUT2D eigenvalue weighted by atomic mass is 79.9. The van der Waals surface area contributed by atoms with Gasteiger partial charge in [-0.05, 0) is 22.0 Å². The fourth-order valence-electron chi connectivity index (χ4n) is 1.02. The molecule has 0 fully saturated rings. The van der Waals surface area contributed by atoms with Gasteiger partial charge in [-0.15, -0.1) is 0 Å². The average molecular weight is 285 g/mol. The summed E-state index contributed by atoms with van der Waals surface area (Å²) in [6.45, 7) is 1.13. The predicted molar refractivity (Wildman–Crippen MR) is 56.8 cm³/mol. The van der Waals surface area contributed by atoms with Crippen molar-refractivity contribution in [2.75, 3.05) is 0 Å². The molecule has 7 heteroatoms. The highest BCUT2D eigenvalue weighted by Gasteiger charge is 2.21. The minimum absolute atomic E-state index is 0.106. The van der Waals surface area contributed by atoms with Gasteiger partial charge in [0.2, 0.25) is 5.75 Å². The van der Waals surface area contributed by atoms with Gasteiger partial charge in [-0.3, -0.25) is 14.9 Å². The first-order valence-corrected chi connectivity index (χ1v) is 4.81. The number of nitro groups is 1. The average Bonchev–Trinajstić information content (AvgIpc) is 2.19. The maximum absolute atomic E-state index is 10.8. The Morgan fingerprint density at radius 3 is 2.69 bits per heavy atom. The molecule has 1 aromatic carbocycles. The van der Waals surface area contributed by atoms with Crippen LogP contribution in [0.5, 0.6) is 5.75 Å². The van der Waals surface area contributed by atoms with E-state index in [9.17, 15) is 14.9 Å². The second kappa shape index (κ2) is 4.72. The number of nitriles is 1. The number of carbonyl (C=O) groups is 1. The van der Waals surface area contributed by atoms with Crippen LogP contribution in [0.4, 0.5) is 5.69 Å². The first-order valence-electron chi connectivity index (χ1n) is 4.02. The molecule has 0 aliphatic carbocycles. The zero-order valence-corrected chi connectivity index (χ0v) is 9.65. The summed E-state index contributed by atoms with van der Waals surface area (Å²) in [6.07, 6.45) is 0. The second-order valence-corrected chi connectivity index (χ2v) is 3.62. The molecule has 0 radical (unpaired) electrons. The molecule has 0 N–H and O–H groups in total. The lowest BCUT2D eigenvalue weighted by atomic mass is 10.2. The van der Waals surface area contributed by atoms with Gasteiger partial charge in [0.05, 0.1) is 21.0 Å². The van der Waals surface area contributed by atoms with Crippen molar-refractivity contribution in [3.8, 4) is 11.8 Å². The van der Waals surface area contributed by atoms with Gasteiger partial charge in [-0.25, -0.2) is 0 Å². The topological polar surface area (TPSA) is 93.2 Å². The van der Waals surface area contributed by atoms with Crippen molar-refractivity contribution in [3.05, 3.63) is 32.3 Å². The van der Waals surface area contributed by atoms with E-state index in [-0.39, 0.29) is 15.8 Å². The van der Waals surface area contributed by atoms with E-state index < -0.39 is 16.6 Å². The fourth-order valence-corrected chi connectivity index (χ4v) is 1.55. The number of hydrogen-bond acceptors (Lipinski definition) is 5. The molecule has 0 aromatic heterocycles. The minimum atomic E-state index is -0.718. The van der Waals surface area contributed by atoms with Crippen molar-refractivity contribution in [2.45, 2.75) is 6.92 Å². The number of carbonyl (C=O) groups excluding carboxylic acids is 1. The highest BCUT2D eigenvalue weighted by molar-refractivity contribution is 9.10. The normalized spacial score (nSPS) is 9.31. The van der Waals surface area contributed by atoms with Gasteiger partial charge in [0.15, 0.2) is 0 Å². The van der Waals surface area contributed by atoms with E-state index in [0.717, 1.165) is 13.0 Å². The van der Waals surface area contributed by atoms with Crippen LogP contribution in [0, 0.1) is 21.4 Å². The van der Waals surface area contributed by atoms with Crippen molar-refractivity contribution < 1.29 is 14.5 Å². The lowest BCUT2D eigenvalue weighted by Gasteiger charge is -2.05. The molecule has 1 rings (SSSR count). The Bertz CT molecular complexity index is 507. The van der Waals surface area contributed by atoms with Crippen molar-refractivity contribution in [1.29, 1.82) is 5.26 Å².